The number of nitrogens with zero attached hydrogens (tertiary/aromatic N) is 2. The molecule has 0 spiro atoms. The molecule has 5 nitrogen and oxygen atoms in total. The van der Waals surface area contributed by atoms with Crippen molar-refractivity contribution in [3.63, 3.8) is 0 Å². The number of benzene rings is 1. The van der Waals surface area contributed by atoms with E-state index >= 15 is 0 Å². The summed E-state index contributed by atoms with van der Waals surface area (Å²) in [5.41, 5.74) is 7.42. The zero-order valence-corrected chi connectivity index (χ0v) is 12.9. The highest BCUT2D eigenvalue weighted by Gasteiger charge is 2.19. The second-order valence-corrected chi connectivity index (χ2v) is 6.93. The number of nitrogens with two attached hydrogens (primary N) is 1. The minimum Gasteiger partial charge on any atom is -0.398 e. The maximum atomic E-state index is 12.4. The van der Waals surface area contributed by atoms with E-state index in [0.29, 0.717) is 17.9 Å². The van der Waals surface area contributed by atoms with Gasteiger partial charge < -0.3 is 5.73 Å². The Balaban J connectivity index is 2.37. The molecule has 0 bridgehead atoms. The molecule has 0 aliphatic heterocycles. The van der Waals surface area contributed by atoms with E-state index in [1.807, 2.05) is 13.8 Å². The Morgan fingerprint density at radius 3 is 2.65 bits per heavy atom. The van der Waals surface area contributed by atoms with E-state index in [1.165, 1.54) is 18.2 Å². The summed E-state index contributed by atoms with van der Waals surface area (Å²) >= 11 is 5.88. The van der Waals surface area contributed by atoms with Gasteiger partial charge in [-0.3, -0.25) is 4.68 Å². The summed E-state index contributed by atoms with van der Waals surface area (Å²) < 4.78 is 26.5. The molecule has 1 aromatic heterocycles. The number of rotatable bonds is 4. The van der Waals surface area contributed by atoms with E-state index in [2.05, 4.69) is 5.10 Å². The molecular formula is C13H16ClN3O2S. The van der Waals surface area contributed by atoms with Crippen molar-refractivity contribution in [2.75, 3.05) is 5.73 Å². The lowest BCUT2D eigenvalue weighted by Crippen LogP contribution is -2.10. The molecule has 20 heavy (non-hydrogen) atoms. The van der Waals surface area contributed by atoms with Gasteiger partial charge in [-0.2, -0.15) is 5.10 Å². The molecule has 0 unspecified atom stereocenters. The van der Waals surface area contributed by atoms with Gasteiger partial charge in [0.05, 0.1) is 32.7 Å². The van der Waals surface area contributed by atoms with Gasteiger partial charge >= 0.3 is 0 Å². The van der Waals surface area contributed by atoms with E-state index in [0.717, 1.165) is 5.69 Å². The number of hydrogen-bond donors (Lipinski definition) is 1. The van der Waals surface area contributed by atoms with Gasteiger partial charge in [-0.15, -0.1) is 0 Å². The van der Waals surface area contributed by atoms with Crippen LogP contribution in [0, 0.1) is 6.92 Å². The van der Waals surface area contributed by atoms with Crippen LogP contribution in [0.25, 0.3) is 0 Å². The number of hydrogen-bond acceptors (Lipinski definition) is 4. The SMILES string of the molecule is CCn1nc(C)cc1CS(=O)(=O)c1ccc(N)c(Cl)c1. The zero-order chi connectivity index (χ0) is 14.9. The number of nitrogen functional groups attached to an aromatic ring is 1. The summed E-state index contributed by atoms with van der Waals surface area (Å²) in [5.74, 6) is -0.109. The monoisotopic (exact) mass is 313 g/mol. The number of anilines is 1. The maximum absolute atomic E-state index is 12.4. The second-order valence-electron chi connectivity index (χ2n) is 4.54. The van der Waals surface area contributed by atoms with Crippen molar-refractivity contribution in [1.29, 1.82) is 0 Å². The summed E-state index contributed by atoms with van der Waals surface area (Å²) in [4.78, 5) is 0.165. The first kappa shape index (κ1) is 14.9. The normalized spacial score (nSPS) is 11.8. The molecule has 2 rings (SSSR count). The Hall–Kier alpha value is -1.53. The van der Waals surface area contributed by atoms with E-state index in [9.17, 15) is 8.42 Å². The molecule has 108 valence electrons. The Labute approximate surface area is 123 Å². The lowest BCUT2D eigenvalue weighted by molar-refractivity contribution is 0.585. The van der Waals surface area contributed by atoms with E-state index in [-0.39, 0.29) is 15.7 Å². The molecule has 0 aliphatic rings. The fraction of sp³-hybridized carbons (Fsp3) is 0.308. The third-order valence-electron chi connectivity index (χ3n) is 2.95. The predicted molar refractivity (Wildman–Crippen MR) is 79.4 cm³/mol. The molecular weight excluding hydrogens is 298 g/mol. The van der Waals surface area contributed by atoms with Crippen molar-refractivity contribution in [2.45, 2.75) is 31.0 Å². The van der Waals surface area contributed by atoms with Crippen LogP contribution < -0.4 is 5.73 Å². The predicted octanol–water partition coefficient (Wildman–Crippen LogP) is 2.42. The van der Waals surface area contributed by atoms with E-state index in [4.69, 9.17) is 17.3 Å². The highest BCUT2D eigenvalue weighted by atomic mass is 35.5. The first-order chi connectivity index (χ1) is 9.33. The Morgan fingerprint density at radius 1 is 1.35 bits per heavy atom. The zero-order valence-electron chi connectivity index (χ0n) is 11.3. The molecule has 7 heteroatoms. The summed E-state index contributed by atoms with van der Waals surface area (Å²) in [7, 11) is -3.47. The Bertz CT molecular complexity index is 738. The summed E-state index contributed by atoms with van der Waals surface area (Å²) in [5, 5.41) is 4.49. The molecule has 0 fully saturated rings. The van der Waals surface area contributed by atoms with Crippen LogP contribution in [0.3, 0.4) is 0 Å². The largest absolute Gasteiger partial charge is 0.398 e. The van der Waals surface area contributed by atoms with Crippen LogP contribution in [0.2, 0.25) is 5.02 Å². The van der Waals surface area contributed by atoms with Crippen LogP contribution >= 0.6 is 11.6 Å². The van der Waals surface area contributed by atoms with Crippen LogP contribution in [-0.2, 0) is 22.1 Å². The van der Waals surface area contributed by atoms with Crippen LogP contribution in [0.15, 0.2) is 29.2 Å². The van der Waals surface area contributed by atoms with Crippen molar-refractivity contribution < 1.29 is 8.42 Å². The molecule has 0 radical (unpaired) electrons. The lowest BCUT2D eigenvalue weighted by atomic mass is 10.3. The standard InChI is InChI=1S/C13H16ClN3O2S/c1-3-17-10(6-9(2)16-17)8-20(18,19)11-4-5-13(15)12(14)7-11/h4-7H,3,8,15H2,1-2H3. The van der Waals surface area contributed by atoms with Crippen molar-refractivity contribution in [1.82, 2.24) is 9.78 Å². The average molecular weight is 314 g/mol. The molecule has 0 saturated heterocycles. The molecule has 0 atom stereocenters. The number of halogens is 1. The topological polar surface area (TPSA) is 78.0 Å². The smallest absolute Gasteiger partial charge is 0.184 e. The van der Waals surface area contributed by atoms with Crippen LogP contribution in [0.4, 0.5) is 5.69 Å². The third kappa shape index (κ3) is 2.96. The first-order valence-electron chi connectivity index (χ1n) is 6.14. The van der Waals surface area contributed by atoms with Gasteiger partial charge in [0.15, 0.2) is 9.84 Å². The average Bonchev–Trinajstić information content (AvgIpc) is 2.72. The Morgan fingerprint density at radius 2 is 2.05 bits per heavy atom. The van der Waals surface area contributed by atoms with E-state index in [1.54, 1.807) is 10.7 Å². The van der Waals surface area contributed by atoms with Gasteiger partial charge in [-0.25, -0.2) is 8.42 Å². The van der Waals surface area contributed by atoms with Gasteiger partial charge in [-0.1, -0.05) is 11.6 Å². The summed E-state index contributed by atoms with van der Waals surface area (Å²) in [6.07, 6.45) is 0. The molecule has 0 aliphatic carbocycles. The van der Waals surface area contributed by atoms with Crippen molar-refractivity contribution in [3.8, 4) is 0 Å². The van der Waals surface area contributed by atoms with Gasteiger partial charge in [0.25, 0.3) is 0 Å². The minimum absolute atomic E-state index is 0.109. The van der Waals surface area contributed by atoms with Crippen LogP contribution in [0.1, 0.15) is 18.3 Å². The lowest BCUT2D eigenvalue weighted by Gasteiger charge is -2.07. The van der Waals surface area contributed by atoms with Crippen molar-refractivity contribution >= 4 is 27.1 Å². The highest BCUT2D eigenvalue weighted by Crippen LogP contribution is 2.25. The molecule has 2 aromatic rings. The first-order valence-corrected chi connectivity index (χ1v) is 8.17. The summed E-state index contributed by atoms with van der Waals surface area (Å²) in [6.45, 7) is 4.38. The second kappa shape index (κ2) is 5.46. The summed E-state index contributed by atoms with van der Waals surface area (Å²) in [6, 6.07) is 6.12. The van der Waals surface area contributed by atoms with E-state index < -0.39 is 9.84 Å². The third-order valence-corrected chi connectivity index (χ3v) is 4.93. The number of sulfone groups is 1. The van der Waals surface area contributed by atoms with Crippen molar-refractivity contribution in [3.05, 3.63) is 40.7 Å². The van der Waals surface area contributed by atoms with Gasteiger partial charge in [0.1, 0.15) is 0 Å². The number of aromatic nitrogens is 2. The molecule has 1 aromatic carbocycles. The Kier molecular flexibility index (Phi) is 4.06. The molecule has 2 N–H and O–H groups in total. The van der Waals surface area contributed by atoms with Crippen molar-refractivity contribution in [2.24, 2.45) is 0 Å². The van der Waals surface area contributed by atoms with Crippen LogP contribution in [0.5, 0.6) is 0 Å². The van der Waals surface area contributed by atoms with Gasteiger partial charge in [0, 0.05) is 6.54 Å². The quantitative estimate of drug-likeness (QED) is 0.879. The number of aryl methyl sites for hydroxylation is 2. The van der Waals surface area contributed by atoms with Gasteiger partial charge in [-0.05, 0) is 38.1 Å². The van der Waals surface area contributed by atoms with Crippen LogP contribution in [-0.4, -0.2) is 18.2 Å². The molecule has 0 amide bonds. The fourth-order valence-electron chi connectivity index (χ4n) is 1.97. The highest BCUT2D eigenvalue weighted by molar-refractivity contribution is 7.90. The fourth-order valence-corrected chi connectivity index (χ4v) is 3.57. The molecule has 0 saturated carbocycles. The van der Waals surface area contributed by atoms with Gasteiger partial charge in [0.2, 0.25) is 0 Å². The maximum Gasteiger partial charge on any atom is 0.184 e. The molecule has 1 heterocycles. The minimum atomic E-state index is -3.47.